The van der Waals surface area contributed by atoms with Crippen molar-refractivity contribution in [1.82, 2.24) is 20.2 Å². The Kier molecular flexibility index (Phi) is 7.88. The summed E-state index contributed by atoms with van der Waals surface area (Å²) in [5.41, 5.74) is 0. The first-order valence-electron chi connectivity index (χ1n) is 10.0. The number of likely N-dealkylation sites (tertiary alicyclic amines) is 1. The van der Waals surface area contributed by atoms with Crippen LogP contribution < -0.4 is 15.4 Å². The second-order valence-electron chi connectivity index (χ2n) is 7.57. The second-order valence-corrected chi connectivity index (χ2v) is 8.67. The van der Waals surface area contributed by atoms with Crippen molar-refractivity contribution in [2.45, 2.75) is 57.7 Å². The first-order valence-corrected chi connectivity index (χ1v) is 11.0. The molecule has 158 valence electrons. The summed E-state index contributed by atoms with van der Waals surface area (Å²) in [6.07, 6.45) is 8.01. The zero-order valence-corrected chi connectivity index (χ0v) is 18.0. The second kappa shape index (κ2) is 10.6. The number of nitrogens with one attached hydrogen (secondary N) is 2. The summed E-state index contributed by atoms with van der Waals surface area (Å²) in [5, 5.41) is 6.23. The largest absolute Gasteiger partial charge is 0.473 e. The maximum atomic E-state index is 11.1. The number of carbonyl (C=O) groups is 1. The molecule has 2 aliphatic rings. The molecule has 8 nitrogen and oxygen atoms in total. The minimum atomic E-state index is -0.0394. The van der Waals surface area contributed by atoms with Crippen molar-refractivity contribution in [3.05, 3.63) is 23.5 Å². The normalized spacial score (nSPS) is 22.8. The molecule has 9 heteroatoms. The fourth-order valence-corrected chi connectivity index (χ4v) is 4.29. The monoisotopic (exact) mass is 418 g/mol. The van der Waals surface area contributed by atoms with Gasteiger partial charge in [0.25, 0.3) is 0 Å². The van der Waals surface area contributed by atoms with Gasteiger partial charge < -0.3 is 15.4 Å². The lowest BCUT2D eigenvalue weighted by atomic mass is 9.93. The molecule has 1 aliphatic heterocycles. The maximum Gasteiger partial charge on any atom is 0.218 e. The molecule has 2 fully saturated rings. The van der Waals surface area contributed by atoms with Crippen molar-refractivity contribution in [2.75, 3.05) is 24.3 Å². The molecule has 29 heavy (non-hydrogen) atoms. The number of rotatable bonds is 10. The highest BCUT2D eigenvalue weighted by Crippen LogP contribution is 2.27. The van der Waals surface area contributed by atoms with Gasteiger partial charge in [-0.1, -0.05) is 0 Å². The van der Waals surface area contributed by atoms with Crippen molar-refractivity contribution in [2.24, 2.45) is 4.99 Å². The van der Waals surface area contributed by atoms with Gasteiger partial charge in [0, 0.05) is 55.7 Å². The van der Waals surface area contributed by atoms with E-state index in [0.29, 0.717) is 23.8 Å². The van der Waals surface area contributed by atoms with Gasteiger partial charge in [-0.05, 0) is 32.9 Å². The van der Waals surface area contributed by atoms with Crippen molar-refractivity contribution in [3.8, 4) is 5.88 Å². The third-order valence-electron chi connectivity index (χ3n) is 5.22. The van der Waals surface area contributed by atoms with Crippen molar-refractivity contribution >= 4 is 30.2 Å². The minimum Gasteiger partial charge on any atom is -0.473 e. The average molecular weight is 419 g/mol. The van der Waals surface area contributed by atoms with E-state index in [1.54, 1.807) is 24.3 Å². The van der Waals surface area contributed by atoms with Crippen LogP contribution in [0.3, 0.4) is 0 Å². The molecule has 2 heterocycles. The molecule has 1 aliphatic carbocycles. The van der Waals surface area contributed by atoms with Gasteiger partial charge in [0.05, 0.1) is 5.88 Å². The predicted molar refractivity (Wildman–Crippen MR) is 117 cm³/mol. The molecule has 1 saturated heterocycles. The predicted octanol–water partition coefficient (Wildman–Crippen LogP) is 2.65. The Morgan fingerprint density at radius 3 is 3.00 bits per heavy atom. The highest BCUT2D eigenvalue weighted by atomic mass is 32.2. The van der Waals surface area contributed by atoms with E-state index in [9.17, 15) is 4.79 Å². The molecule has 0 bridgehead atoms. The molecule has 2 atom stereocenters. The Balaban J connectivity index is 1.51. The van der Waals surface area contributed by atoms with E-state index in [-0.39, 0.29) is 12.0 Å². The zero-order valence-electron chi connectivity index (χ0n) is 17.1. The third-order valence-corrected chi connectivity index (χ3v) is 6.12. The van der Waals surface area contributed by atoms with E-state index in [1.807, 2.05) is 6.07 Å². The van der Waals surface area contributed by atoms with Crippen molar-refractivity contribution in [1.29, 1.82) is 0 Å². The number of nitrogens with zero attached hydrogens (tertiary/aromatic N) is 4. The number of hydrogen-bond donors (Lipinski definition) is 2. The molecule has 2 N–H and O–H groups in total. The fourth-order valence-electron chi connectivity index (χ4n) is 3.42. The van der Waals surface area contributed by atoms with Gasteiger partial charge in [0.15, 0.2) is 0 Å². The highest BCUT2D eigenvalue weighted by Gasteiger charge is 2.31. The lowest BCUT2D eigenvalue weighted by Crippen LogP contribution is -2.30. The summed E-state index contributed by atoms with van der Waals surface area (Å²) in [6, 6.07) is 2.80. The Hall–Kier alpha value is -2.13. The van der Waals surface area contributed by atoms with Crippen LogP contribution in [-0.2, 0) is 4.79 Å². The molecule has 0 aromatic carbocycles. The van der Waals surface area contributed by atoms with E-state index < -0.39 is 0 Å². The van der Waals surface area contributed by atoms with Gasteiger partial charge in [0.1, 0.15) is 18.2 Å². The SMILES string of the molecule is C=N/C=C(/CN1CC(Oc2cc(NC3CCC3)ncn2)CC1C)SCNC(C)=O. The fraction of sp³-hybridized carbons (Fsp3) is 0.600. The molecule has 3 rings (SSSR count). The summed E-state index contributed by atoms with van der Waals surface area (Å²) >= 11 is 1.57. The average Bonchev–Trinajstić information content (AvgIpc) is 2.97. The Morgan fingerprint density at radius 2 is 2.31 bits per heavy atom. The summed E-state index contributed by atoms with van der Waals surface area (Å²) in [5.74, 6) is 1.93. The standard InChI is InChI=1S/C20H30N6O2S/c1-14-7-17(10-26(14)11-18(9-21-3)29-13-24-15(2)27)28-20-8-19(22-12-23-20)25-16-5-4-6-16/h8-9,12,14,16-17H,3-7,10-11,13H2,1-2H3,(H,24,27)(H,22,23,25)/b18-9-. The lowest BCUT2D eigenvalue weighted by molar-refractivity contribution is -0.118. The third kappa shape index (κ3) is 6.71. The van der Waals surface area contributed by atoms with Gasteiger partial charge >= 0.3 is 0 Å². The van der Waals surface area contributed by atoms with Gasteiger partial charge in [-0.25, -0.2) is 9.97 Å². The molecule has 2 unspecified atom stereocenters. The van der Waals surface area contributed by atoms with Crippen LogP contribution in [-0.4, -0.2) is 64.6 Å². The number of amides is 1. The lowest BCUT2D eigenvalue weighted by Gasteiger charge is -2.26. The van der Waals surface area contributed by atoms with Crippen molar-refractivity contribution in [3.63, 3.8) is 0 Å². The maximum absolute atomic E-state index is 11.1. The van der Waals surface area contributed by atoms with Gasteiger partial charge in [-0.3, -0.25) is 14.7 Å². The molecule has 1 saturated carbocycles. The minimum absolute atomic E-state index is 0.0394. The van der Waals surface area contributed by atoms with Crippen LogP contribution in [0, 0.1) is 0 Å². The van der Waals surface area contributed by atoms with Gasteiger partial charge in [0.2, 0.25) is 11.8 Å². The quantitative estimate of drug-likeness (QED) is 0.446. The van der Waals surface area contributed by atoms with E-state index in [0.717, 1.165) is 30.2 Å². The van der Waals surface area contributed by atoms with Crippen LogP contribution in [0.5, 0.6) is 5.88 Å². The van der Waals surface area contributed by atoms with E-state index in [2.05, 4.69) is 44.1 Å². The number of thioether (sulfide) groups is 1. The highest BCUT2D eigenvalue weighted by molar-refractivity contribution is 8.03. The number of anilines is 1. The Morgan fingerprint density at radius 1 is 1.48 bits per heavy atom. The smallest absolute Gasteiger partial charge is 0.218 e. The van der Waals surface area contributed by atoms with Crippen LogP contribution in [0.4, 0.5) is 5.82 Å². The van der Waals surface area contributed by atoms with Gasteiger partial charge in [-0.15, -0.1) is 11.8 Å². The summed E-state index contributed by atoms with van der Waals surface area (Å²) in [6.45, 7) is 8.83. The molecule has 1 aromatic rings. The first kappa shape index (κ1) is 21.6. The van der Waals surface area contributed by atoms with Crippen LogP contribution in [0.2, 0.25) is 0 Å². The summed E-state index contributed by atoms with van der Waals surface area (Å²) in [7, 11) is 0. The number of aromatic nitrogens is 2. The van der Waals surface area contributed by atoms with E-state index in [4.69, 9.17) is 4.74 Å². The number of ether oxygens (including phenoxy) is 1. The van der Waals surface area contributed by atoms with Crippen LogP contribution in [0.1, 0.15) is 39.5 Å². The Bertz CT molecular complexity index is 739. The number of hydrogen-bond acceptors (Lipinski definition) is 8. The number of aliphatic imine (C=N–C) groups is 1. The molecular formula is C20H30N6O2S. The number of carbonyl (C=O) groups excluding carboxylic acids is 1. The van der Waals surface area contributed by atoms with Gasteiger partial charge in [-0.2, -0.15) is 0 Å². The van der Waals surface area contributed by atoms with Crippen molar-refractivity contribution < 1.29 is 9.53 Å². The summed E-state index contributed by atoms with van der Waals surface area (Å²) < 4.78 is 6.15. The van der Waals surface area contributed by atoms with Crippen LogP contribution in [0.15, 0.2) is 28.5 Å². The van der Waals surface area contributed by atoms with Crippen LogP contribution in [0.25, 0.3) is 0 Å². The molecule has 1 amide bonds. The summed E-state index contributed by atoms with van der Waals surface area (Å²) in [4.78, 5) is 27.0. The molecule has 0 spiro atoms. The molecule has 0 radical (unpaired) electrons. The molecular weight excluding hydrogens is 388 g/mol. The van der Waals surface area contributed by atoms with E-state index >= 15 is 0 Å². The van der Waals surface area contributed by atoms with Crippen LogP contribution >= 0.6 is 11.8 Å². The first-order chi connectivity index (χ1) is 14.0. The topological polar surface area (TPSA) is 91.7 Å². The molecule has 1 aromatic heterocycles. The zero-order chi connectivity index (χ0) is 20.6. The Labute approximate surface area is 176 Å². The van der Waals surface area contributed by atoms with E-state index in [1.165, 1.54) is 26.2 Å².